The van der Waals surface area contributed by atoms with Crippen LogP contribution in [-0.4, -0.2) is 56.0 Å². The number of hydrogen-bond acceptors (Lipinski definition) is 6. The van der Waals surface area contributed by atoms with Crippen LogP contribution in [0.25, 0.3) is 16.4 Å². The lowest BCUT2D eigenvalue weighted by atomic mass is 10.0. The molecule has 1 fully saturated rings. The normalized spacial score (nSPS) is 15.1. The summed E-state index contributed by atoms with van der Waals surface area (Å²) >= 11 is 1.43. The molecule has 0 bridgehead atoms. The average Bonchev–Trinajstić information content (AvgIpc) is 3.39. The van der Waals surface area contributed by atoms with E-state index in [1.54, 1.807) is 11.0 Å². The maximum absolute atomic E-state index is 13.2. The van der Waals surface area contributed by atoms with Crippen LogP contribution < -0.4 is 5.32 Å². The number of aromatic nitrogens is 4. The Morgan fingerprint density at radius 3 is 2.71 bits per heavy atom. The maximum atomic E-state index is 13.2. The van der Waals surface area contributed by atoms with Crippen LogP contribution in [0.15, 0.2) is 41.9 Å². The lowest BCUT2D eigenvalue weighted by Crippen LogP contribution is -2.49. The molecule has 1 saturated heterocycles. The third kappa shape index (κ3) is 3.83. The molecule has 2 aromatic heterocycles. The first-order chi connectivity index (χ1) is 13.6. The number of carbonyl (C=O) groups is 1. The lowest BCUT2D eigenvalue weighted by molar-refractivity contribution is 0.0560. The van der Waals surface area contributed by atoms with E-state index in [-0.39, 0.29) is 18.0 Å². The second-order valence-corrected chi connectivity index (χ2v) is 8.04. The first-order valence-corrected chi connectivity index (χ1v) is 10.5. The van der Waals surface area contributed by atoms with Gasteiger partial charge in [-0.15, -0.1) is 16.4 Å². The van der Waals surface area contributed by atoms with E-state index in [1.807, 2.05) is 40.6 Å². The van der Waals surface area contributed by atoms with Gasteiger partial charge in [-0.25, -0.2) is 4.98 Å². The quantitative estimate of drug-likeness (QED) is 0.717. The smallest absolute Gasteiger partial charge is 0.273 e. The van der Waals surface area contributed by atoms with Gasteiger partial charge in [-0.2, -0.15) is 9.90 Å². The number of hydrogen-bond donors (Lipinski definition) is 1. The van der Waals surface area contributed by atoms with Gasteiger partial charge in [0, 0.05) is 17.5 Å². The maximum Gasteiger partial charge on any atom is 0.273 e. The molecule has 8 heteroatoms. The molecule has 4 rings (SSSR count). The predicted molar refractivity (Wildman–Crippen MR) is 110 cm³/mol. The summed E-state index contributed by atoms with van der Waals surface area (Å²) in [4.78, 5) is 21.3. The Morgan fingerprint density at radius 2 is 2.00 bits per heavy atom. The van der Waals surface area contributed by atoms with Crippen LogP contribution in [0.4, 0.5) is 0 Å². The summed E-state index contributed by atoms with van der Waals surface area (Å²) in [5, 5.41) is 14.7. The number of nitrogens with zero attached hydrogens (tertiary/aromatic N) is 5. The van der Waals surface area contributed by atoms with Gasteiger partial charge in [0.15, 0.2) is 0 Å². The summed E-state index contributed by atoms with van der Waals surface area (Å²) in [6, 6.07) is 10.1. The zero-order valence-electron chi connectivity index (χ0n) is 16.1. The molecule has 0 aliphatic carbocycles. The average molecular weight is 397 g/mol. The molecule has 1 aliphatic heterocycles. The van der Waals surface area contributed by atoms with Gasteiger partial charge < -0.3 is 10.2 Å². The van der Waals surface area contributed by atoms with E-state index in [2.05, 4.69) is 34.3 Å². The minimum absolute atomic E-state index is 0.000138. The molecule has 1 amide bonds. The van der Waals surface area contributed by atoms with E-state index in [1.165, 1.54) is 11.3 Å². The number of thiazole rings is 1. The van der Waals surface area contributed by atoms with Crippen LogP contribution in [-0.2, 0) is 0 Å². The zero-order valence-corrected chi connectivity index (χ0v) is 16.9. The third-order valence-corrected chi connectivity index (χ3v) is 5.78. The minimum atomic E-state index is -0.000138. The Labute approximate surface area is 168 Å². The third-order valence-electron chi connectivity index (χ3n) is 4.91. The number of piperidine rings is 1. The summed E-state index contributed by atoms with van der Waals surface area (Å²) in [6.45, 7) is 6.04. The minimum Gasteiger partial charge on any atom is -0.332 e. The Morgan fingerprint density at radius 1 is 1.25 bits per heavy atom. The summed E-state index contributed by atoms with van der Waals surface area (Å²) in [7, 11) is 0. The van der Waals surface area contributed by atoms with Crippen molar-refractivity contribution >= 4 is 17.2 Å². The van der Waals surface area contributed by atoms with Crippen molar-refractivity contribution in [3.8, 4) is 16.4 Å². The van der Waals surface area contributed by atoms with Crippen LogP contribution in [0.3, 0.4) is 0 Å². The molecule has 28 heavy (non-hydrogen) atoms. The number of benzene rings is 1. The molecule has 0 radical (unpaired) electrons. The zero-order chi connectivity index (χ0) is 19.5. The van der Waals surface area contributed by atoms with E-state index in [0.717, 1.165) is 31.6 Å². The predicted octanol–water partition coefficient (Wildman–Crippen LogP) is 2.99. The Balaban J connectivity index is 1.55. The molecule has 146 valence electrons. The topological polar surface area (TPSA) is 75.9 Å². The number of nitrogens with one attached hydrogen (secondary N) is 1. The van der Waals surface area contributed by atoms with Crippen molar-refractivity contribution in [1.29, 1.82) is 0 Å². The van der Waals surface area contributed by atoms with Crippen LogP contribution >= 0.6 is 11.3 Å². The Hall–Kier alpha value is -2.58. The fourth-order valence-electron chi connectivity index (χ4n) is 3.58. The van der Waals surface area contributed by atoms with E-state index < -0.39 is 0 Å². The highest BCUT2D eigenvalue weighted by atomic mass is 32.1. The van der Waals surface area contributed by atoms with Gasteiger partial charge in [-0.1, -0.05) is 18.2 Å². The lowest BCUT2D eigenvalue weighted by Gasteiger charge is -2.37. The number of para-hydroxylation sites is 1. The van der Waals surface area contributed by atoms with E-state index in [9.17, 15) is 4.79 Å². The van der Waals surface area contributed by atoms with Crippen molar-refractivity contribution in [2.75, 3.05) is 13.1 Å². The van der Waals surface area contributed by atoms with Gasteiger partial charge in [0.2, 0.25) is 0 Å². The van der Waals surface area contributed by atoms with Gasteiger partial charge in [0.1, 0.15) is 16.4 Å². The van der Waals surface area contributed by atoms with Crippen LogP contribution in [0.1, 0.15) is 37.2 Å². The number of amides is 1. The SMILES string of the molecule is CC(C)N(C(=O)c1csc(-c2cnn(-c3ccccc3)n2)n1)C1CCNCC1. The van der Waals surface area contributed by atoms with Crippen molar-refractivity contribution in [2.45, 2.75) is 38.8 Å². The standard InChI is InChI=1S/C20H24N6OS/c1-14(2)25(15-8-10-21-11-9-15)20(27)18-13-28-19(23-18)17-12-22-26(24-17)16-6-4-3-5-7-16/h3-7,12-15,21H,8-11H2,1-2H3. The van der Waals surface area contributed by atoms with Crippen molar-refractivity contribution in [3.05, 3.63) is 47.6 Å². The highest BCUT2D eigenvalue weighted by Crippen LogP contribution is 2.25. The molecule has 3 aromatic rings. The summed E-state index contributed by atoms with van der Waals surface area (Å²) < 4.78 is 0. The first-order valence-electron chi connectivity index (χ1n) is 9.60. The molecule has 1 aromatic carbocycles. The van der Waals surface area contributed by atoms with Crippen LogP contribution in [0.2, 0.25) is 0 Å². The van der Waals surface area contributed by atoms with E-state index in [4.69, 9.17) is 0 Å². The van der Waals surface area contributed by atoms with Crippen LogP contribution in [0.5, 0.6) is 0 Å². The van der Waals surface area contributed by atoms with Gasteiger partial charge in [-0.3, -0.25) is 4.79 Å². The monoisotopic (exact) mass is 396 g/mol. The highest BCUT2D eigenvalue weighted by Gasteiger charge is 2.29. The highest BCUT2D eigenvalue weighted by molar-refractivity contribution is 7.13. The molecule has 3 heterocycles. The van der Waals surface area contributed by atoms with Gasteiger partial charge in [0.05, 0.1) is 11.9 Å². The van der Waals surface area contributed by atoms with Crippen molar-refractivity contribution in [3.63, 3.8) is 0 Å². The largest absolute Gasteiger partial charge is 0.332 e. The Kier molecular flexibility index (Phi) is 5.50. The van der Waals surface area contributed by atoms with Crippen molar-refractivity contribution < 1.29 is 4.79 Å². The molecular weight excluding hydrogens is 372 g/mol. The number of carbonyl (C=O) groups excluding carboxylic acids is 1. The molecule has 1 aliphatic rings. The van der Waals surface area contributed by atoms with Crippen LogP contribution in [0, 0.1) is 0 Å². The molecule has 7 nitrogen and oxygen atoms in total. The fraction of sp³-hybridized carbons (Fsp3) is 0.400. The molecule has 0 spiro atoms. The van der Waals surface area contributed by atoms with E-state index >= 15 is 0 Å². The molecule has 0 saturated carbocycles. The van der Waals surface area contributed by atoms with Gasteiger partial charge >= 0.3 is 0 Å². The van der Waals surface area contributed by atoms with Crippen molar-refractivity contribution in [2.24, 2.45) is 0 Å². The Bertz CT molecular complexity index is 929. The molecule has 1 N–H and O–H groups in total. The molecule has 0 atom stereocenters. The summed E-state index contributed by atoms with van der Waals surface area (Å²) in [5.41, 5.74) is 2.05. The van der Waals surface area contributed by atoms with Gasteiger partial charge in [-0.05, 0) is 51.9 Å². The molecular formula is C20H24N6OS. The molecule has 0 unspecified atom stereocenters. The number of rotatable bonds is 5. The second-order valence-electron chi connectivity index (χ2n) is 7.18. The summed E-state index contributed by atoms with van der Waals surface area (Å²) in [5.74, 6) is -0.000138. The van der Waals surface area contributed by atoms with Crippen molar-refractivity contribution in [1.82, 2.24) is 30.2 Å². The van der Waals surface area contributed by atoms with E-state index in [0.29, 0.717) is 16.4 Å². The fourth-order valence-corrected chi connectivity index (χ4v) is 4.32. The van der Waals surface area contributed by atoms with Gasteiger partial charge in [0.25, 0.3) is 5.91 Å². The second kappa shape index (κ2) is 8.20. The first kappa shape index (κ1) is 18.8. The summed E-state index contributed by atoms with van der Waals surface area (Å²) in [6.07, 6.45) is 3.64.